The molecule has 1 N–H and O–H groups in total. The van der Waals surface area contributed by atoms with Crippen molar-refractivity contribution < 1.29 is 9.90 Å². The first-order chi connectivity index (χ1) is 10.9. The molecular formula is C20H18O2Si. The Bertz CT molecular complexity index is 981. The van der Waals surface area contributed by atoms with E-state index in [0.29, 0.717) is 0 Å². The Morgan fingerprint density at radius 1 is 0.870 bits per heavy atom. The van der Waals surface area contributed by atoms with Gasteiger partial charge in [-0.15, -0.1) is 0 Å². The Labute approximate surface area is 136 Å². The quantitative estimate of drug-likeness (QED) is 0.531. The summed E-state index contributed by atoms with van der Waals surface area (Å²) in [6.45, 7) is 6.76. The van der Waals surface area contributed by atoms with Crippen molar-refractivity contribution in [1.82, 2.24) is 0 Å². The summed E-state index contributed by atoms with van der Waals surface area (Å²) in [6, 6.07) is 15.4. The van der Waals surface area contributed by atoms with Crippen LogP contribution in [0.25, 0.3) is 21.9 Å². The Morgan fingerprint density at radius 2 is 1.57 bits per heavy atom. The van der Waals surface area contributed by atoms with Gasteiger partial charge in [0.1, 0.15) is 5.75 Å². The molecule has 1 aliphatic rings. The van der Waals surface area contributed by atoms with Gasteiger partial charge in [-0.05, 0) is 45.3 Å². The Kier molecular flexibility index (Phi) is 2.81. The number of carbonyl (C=O) groups is 1. The highest BCUT2D eigenvalue weighted by Gasteiger charge is 2.34. The third kappa shape index (κ3) is 1.97. The Balaban J connectivity index is 2.21. The van der Waals surface area contributed by atoms with Crippen LogP contribution in [0.5, 0.6) is 5.75 Å². The van der Waals surface area contributed by atoms with Crippen molar-refractivity contribution in [3.8, 4) is 16.9 Å². The second kappa shape index (κ2) is 4.55. The summed E-state index contributed by atoms with van der Waals surface area (Å²) in [5.41, 5.74) is 3.72. The van der Waals surface area contributed by atoms with Crippen molar-refractivity contribution in [3.05, 3.63) is 59.7 Å². The van der Waals surface area contributed by atoms with Gasteiger partial charge in [-0.3, -0.25) is 4.79 Å². The largest absolute Gasteiger partial charge is 0.508 e. The molecule has 1 aliphatic carbocycles. The molecule has 114 valence electrons. The topological polar surface area (TPSA) is 37.3 Å². The molecule has 3 heteroatoms. The number of aromatic hydroxyl groups is 1. The average Bonchev–Trinajstić information content (AvgIpc) is 2.77. The van der Waals surface area contributed by atoms with Crippen molar-refractivity contribution in [3.63, 3.8) is 0 Å². The standard InChI is InChI=1S/C20H18O2Si/c1-23(2,3)20-16-11-13(21)9-8-12(16)10-17-14-6-4-5-7-15(14)19(22)18(17)20/h4-11,21H,1-3H3. The van der Waals surface area contributed by atoms with E-state index in [1.165, 1.54) is 0 Å². The molecule has 4 rings (SSSR count). The maximum Gasteiger partial charge on any atom is 0.194 e. The van der Waals surface area contributed by atoms with E-state index in [2.05, 4.69) is 25.7 Å². The van der Waals surface area contributed by atoms with Gasteiger partial charge >= 0.3 is 0 Å². The van der Waals surface area contributed by atoms with Crippen LogP contribution < -0.4 is 5.19 Å². The van der Waals surface area contributed by atoms with E-state index in [0.717, 1.165) is 38.2 Å². The van der Waals surface area contributed by atoms with Crippen LogP contribution in [0.3, 0.4) is 0 Å². The Morgan fingerprint density at radius 3 is 2.26 bits per heavy atom. The highest BCUT2D eigenvalue weighted by Crippen LogP contribution is 2.39. The minimum absolute atomic E-state index is 0.123. The van der Waals surface area contributed by atoms with Gasteiger partial charge in [-0.1, -0.05) is 50.0 Å². The molecule has 3 aromatic rings. The Hall–Kier alpha value is -2.39. The number of phenols is 1. The molecule has 0 fully saturated rings. The van der Waals surface area contributed by atoms with Gasteiger partial charge in [0.15, 0.2) is 5.78 Å². The second-order valence-electron chi connectivity index (χ2n) is 7.20. The number of hydrogen-bond acceptors (Lipinski definition) is 2. The van der Waals surface area contributed by atoms with E-state index >= 15 is 0 Å². The molecule has 0 saturated carbocycles. The monoisotopic (exact) mass is 318 g/mol. The SMILES string of the molecule is C[Si](C)(C)c1c2c(cc3ccc(O)cc13)-c1ccccc1C2=O. The predicted molar refractivity (Wildman–Crippen MR) is 97.5 cm³/mol. The van der Waals surface area contributed by atoms with Crippen LogP contribution in [0.2, 0.25) is 19.6 Å². The fourth-order valence-corrected chi connectivity index (χ4v) is 5.68. The summed E-state index contributed by atoms with van der Waals surface area (Å²) in [5.74, 6) is 0.373. The number of fused-ring (bicyclic) bond motifs is 4. The molecule has 2 nitrogen and oxygen atoms in total. The molecule has 23 heavy (non-hydrogen) atoms. The summed E-state index contributed by atoms with van der Waals surface area (Å²) < 4.78 is 0. The first-order valence-electron chi connectivity index (χ1n) is 7.82. The van der Waals surface area contributed by atoms with E-state index in [1.807, 2.05) is 30.3 Å². The van der Waals surface area contributed by atoms with Gasteiger partial charge in [0.25, 0.3) is 0 Å². The van der Waals surface area contributed by atoms with E-state index in [9.17, 15) is 9.90 Å². The van der Waals surface area contributed by atoms with E-state index in [1.54, 1.807) is 12.1 Å². The highest BCUT2D eigenvalue weighted by atomic mass is 28.3. The highest BCUT2D eigenvalue weighted by molar-refractivity contribution is 6.91. The summed E-state index contributed by atoms with van der Waals surface area (Å²) in [6.07, 6.45) is 0. The zero-order valence-corrected chi connectivity index (χ0v) is 14.5. The van der Waals surface area contributed by atoms with Crippen LogP contribution in [-0.2, 0) is 0 Å². The van der Waals surface area contributed by atoms with E-state index < -0.39 is 8.07 Å². The number of benzene rings is 3. The van der Waals surface area contributed by atoms with Crippen LogP contribution in [0.1, 0.15) is 15.9 Å². The smallest absolute Gasteiger partial charge is 0.194 e. The van der Waals surface area contributed by atoms with Crippen molar-refractivity contribution >= 4 is 29.8 Å². The lowest BCUT2D eigenvalue weighted by molar-refractivity contribution is 0.104. The van der Waals surface area contributed by atoms with Gasteiger partial charge in [-0.2, -0.15) is 0 Å². The van der Waals surface area contributed by atoms with Gasteiger partial charge in [0, 0.05) is 11.1 Å². The average molecular weight is 318 g/mol. The van der Waals surface area contributed by atoms with Gasteiger partial charge in [-0.25, -0.2) is 0 Å². The summed E-state index contributed by atoms with van der Waals surface area (Å²) >= 11 is 0. The molecule has 0 aliphatic heterocycles. The lowest BCUT2D eigenvalue weighted by atomic mass is 10.00. The molecule has 0 spiro atoms. The number of ketones is 1. The van der Waals surface area contributed by atoms with Gasteiger partial charge < -0.3 is 5.11 Å². The first kappa shape index (κ1) is 14.2. The van der Waals surface area contributed by atoms with Crippen LogP contribution in [0, 0.1) is 0 Å². The van der Waals surface area contributed by atoms with Gasteiger partial charge in [0.2, 0.25) is 0 Å². The van der Waals surface area contributed by atoms with E-state index in [-0.39, 0.29) is 11.5 Å². The first-order valence-corrected chi connectivity index (χ1v) is 11.3. The molecule has 0 bridgehead atoms. The van der Waals surface area contributed by atoms with Crippen molar-refractivity contribution in [1.29, 1.82) is 0 Å². The minimum Gasteiger partial charge on any atom is -0.508 e. The fourth-order valence-electron chi connectivity index (χ4n) is 3.66. The molecule has 3 aromatic carbocycles. The zero-order chi connectivity index (χ0) is 16.4. The number of rotatable bonds is 1. The van der Waals surface area contributed by atoms with Crippen molar-refractivity contribution in [2.45, 2.75) is 19.6 Å². The van der Waals surface area contributed by atoms with Crippen LogP contribution >= 0.6 is 0 Å². The maximum absolute atomic E-state index is 13.0. The molecule has 0 heterocycles. The van der Waals surface area contributed by atoms with Crippen LogP contribution in [0.15, 0.2) is 48.5 Å². The van der Waals surface area contributed by atoms with Crippen LogP contribution in [-0.4, -0.2) is 19.0 Å². The molecule has 0 saturated heterocycles. The lowest BCUT2D eigenvalue weighted by Crippen LogP contribution is -2.41. The summed E-state index contributed by atoms with van der Waals surface area (Å²) in [5, 5.41) is 13.2. The summed E-state index contributed by atoms with van der Waals surface area (Å²) in [7, 11) is -1.79. The van der Waals surface area contributed by atoms with Crippen molar-refractivity contribution in [2.24, 2.45) is 0 Å². The zero-order valence-electron chi connectivity index (χ0n) is 13.5. The van der Waals surface area contributed by atoms with Gasteiger partial charge in [0.05, 0.1) is 8.07 Å². The molecule has 0 aromatic heterocycles. The van der Waals surface area contributed by atoms with E-state index in [4.69, 9.17) is 0 Å². The third-order valence-electron chi connectivity index (χ3n) is 4.56. The predicted octanol–water partition coefficient (Wildman–Crippen LogP) is 4.30. The van der Waals surface area contributed by atoms with Crippen molar-refractivity contribution in [2.75, 3.05) is 0 Å². The molecule has 0 radical (unpaired) electrons. The second-order valence-corrected chi connectivity index (χ2v) is 12.2. The fraction of sp³-hybridized carbons (Fsp3) is 0.150. The lowest BCUT2D eigenvalue weighted by Gasteiger charge is -2.23. The maximum atomic E-state index is 13.0. The molecule has 0 amide bonds. The molecule has 0 atom stereocenters. The molecular weight excluding hydrogens is 300 g/mol. The third-order valence-corrected chi connectivity index (χ3v) is 6.58. The van der Waals surface area contributed by atoms with Crippen LogP contribution in [0.4, 0.5) is 0 Å². The number of carbonyl (C=O) groups excluding carboxylic acids is 1. The minimum atomic E-state index is -1.79. The molecule has 0 unspecified atom stereocenters. The number of hydrogen-bond donors (Lipinski definition) is 1. The summed E-state index contributed by atoms with van der Waals surface area (Å²) in [4.78, 5) is 13.0. The normalized spacial score (nSPS) is 13.3. The number of phenolic OH excluding ortho intramolecular Hbond substituents is 1.